The average molecular weight is 331 g/mol. The van der Waals surface area contributed by atoms with Gasteiger partial charge in [0.1, 0.15) is 12.7 Å². The summed E-state index contributed by atoms with van der Waals surface area (Å²) in [5.41, 5.74) is 4.28. The zero-order valence-electron chi connectivity index (χ0n) is 13.7. The van der Waals surface area contributed by atoms with Crippen LogP contribution in [0.5, 0.6) is 0 Å². The normalized spacial score (nSPS) is 10.8. The highest BCUT2D eigenvalue weighted by Gasteiger charge is 2.07. The summed E-state index contributed by atoms with van der Waals surface area (Å²) in [6.45, 7) is 2.76. The molecule has 3 heterocycles. The van der Waals surface area contributed by atoms with Gasteiger partial charge in [-0.05, 0) is 42.3 Å². The summed E-state index contributed by atoms with van der Waals surface area (Å²) in [5, 5.41) is 11.9. The van der Waals surface area contributed by atoms with Gasteiger partial charge in [0.2, 0.25) is 0 Å². The van der Waals surface area contributed by atoms with Crippen LogP contribution in [0.25, 0.3) is 11.5 Å². The molecule has 124 valence electrons. The topological polar surface area (TPSA) is 73.5 Å². The van der Waals surface area contributed by atoms with E-state index in [1.165, 1.54) is 11.9 Å². The summed E-state index contributed by atoms with van der Waals surface area (Å²) >= 11 is 0. The molecule has 4 aromatic rings. The molecule has 0 bridgehead atoms. The number of pyridine rings is 1. The van der Waals surface area contributed by atoms with Gasteiger partial charge in [0, 0.05) is 25.1 Å². The molecule has 0 amide bonds. The van der Waals surface area contributed by atoms with E-state index >= 15 is 0 Å². The number of nitrogens with one attached hydrogen (secondary N) is 1. The lowest BCUT2D eigenvalue weighted by Gasteiger charge is -2.12. The molecule has 0 saturated carbocycles. The molecule has 1 aromatic carbocycles. The van der Waals surface area contributed by atoms with Gasteiger partial charge < -0.3 is 5.32 Å². The molecule has 0 radical (unpaired) electrons. The van der Waals surface area contributed by atoms with Crippen LogP contribution in [0.2, 0.25) is 0 Å². The van der Waals surface area contributed by atoms with Crippen molar-refractivity contribution in [2.24, 2.45) is 0 Å². The molecule has 25 heavy (non-hydrogen) atoms. The first-order chi connectivity index (χ1) is 12.3. The zero-order chi connectivity index (χ0) is 17.1. The van der Waals surface area contributed by atoms with Gasteiger partial charge >= 0.3 is 0 Å². The van der Waals surface area contributed by atoms with E-state index in [9.17, 15) is 0 Å². The number of nitrogens with zero attached hydrogens (tertiary/aromatic N) is 6. The van der Waals surface area contributed by atoms with Crippen molar-refractivity contribution in [3.8, 4) is 11.5 Å². The van der Waals surface area contributed by atoms with Gasteiger partial charge in [0.25, 0.3) is 0 Å². The molecular weight excluding hydrogens is 314 g/mol. The fourth-order valence-electron chi connectivity index (χ4n) is 2.73. The minimum atomic E-state index is 0.693. The average Bonchev–Trinajstić information content (AvgIpc) is 3.34. The van der Waals surface area contributed by atoms with Gasteiger partial charge in [-0.3, -0.25) is 0 Å². The number of hydrogen-bond donors (Lipinski definition) is 1. The van der Waals surface area contributed by atoms with Crippen molar-refractivity contribution < 1.29 is 0 Å². The van der Waals surface area contributed by atoms with Crippen LogP contribution in [0.4, 0.5) is 5.69 Å². The Bertz CT molecular complexity index is 959. The molecular formula is C18H17N7. The summed E-state index contributed by atoms with van der Waals surface area (Å²) in [5.74, 6) is 0.781. The maximum Gasteiger partial charge on any atom is 0.176 e. The number of hydrogen-bond acceptors (Lipinski definition) is 5. The molecule has 0 aliphatic rings. The second-order valence-electron chi connectivity index (χ2n) is 5.64. The Balaban J connectivity index is 1.54. The fourth-order valence-corrected chi connectivity index (χ4v) is 2.73. The van der Waals surface area contributed by atoms with E-state index < -0.39 is 0 Å². The largest absolute Gasteiger partial charge is 0.378 e. The summed E-state index contributed by atoms with van der Waals surface area (Å²) in [4.78, 5) is 8.41. The third-order valence-electron chi connectivity index (χ3n) is 3.92. The maximum absolute atomic E-state index is 4.42. The number of anilines is 1. The first kappa shape index (κ1) is 15.1. The van der Waals surface area contributed by atoms with Gasteiger partial charge in [-0.15, -0.1) is 0 Å². The first-order valence-electron chi connectivity index (χ1n) is 7.95. The smallest absolute Gasteiger partial charge is 0.176 e. The fraction of sp³-hybridized carbons (Fsp3) is 0.111. The standard InChI is InChI=1S/C18H17N7/c1-14-10-15(5-6-17(14)25-13-19-12-23-25)11-21-16-4-2-7-20-18(16)24-9-3-8-22-24/h2-10,12-13,21H,11H2,1H3. The Morgan fingerprint density at radius 1 is 1.04 bits per heavy atom. The monoisotopic (exact) mass is 331 g/mol. The Morgan fingerprint density at radius 2 is 2.00 bits per heavy atom. The van der Waals surface area contributed by atoms with E-state index in [-0.39, 0.29) is 0 Å². The summed E-state index contributed by atoms with van der Waals surface area (Å²) in [7, 11) is 0. The quantitative estimate of drug-likeness (QED) is 0.609. The lowest BCUT2D eigenvalue weighted by molar-refractivity contribution is 0.846. The van der Waals surface area contributed by atoms with E-state index in [4.69, 9.17) is 0 Å². The van der Waals surface area contributed by atoms with Gasteiger partial charge in [-0.2, -0.15) is 10.2 Å². The molecule has 0 spiro atoms. The van der Waals surface area contributed by atoms with Gasteiger partial charge in [-0.25, -0.2) is 19.3 Å². The van der Waals surface area contributed by atoms with Crippen LogP contribution in [0.15, 0.2) is 67.6 Å². The number of rotatable bonds is 5. The van der Waals surface area contributed by atoms with Crippen molar-refractivity contribution in [2.45, 2.75) is 13.5 Å². The molecule has 1 N–H and O–H groups in total. The van der Waals surface area contributed by atoms with E-state index in [1.807, 2.05) is 24.4 Å². The SMILES string of the molecule is Cc1cc(CNc2cccnc2-n2cccn2)ccc1-n1cncn1. The third kappa shape index (κ3) is 3.12. The highest BCUT2D eigenvalue weighted by atomic mass is 15.3. The van der Waals surface area contributed by atoms with Gasteiger partial charge in [-0.1, -0.05) is 12.1 Å². The van der Waals surface area contributed by atoms with E-state index in [0.717, 1.165) is 22.8 Å². The van der Waals surface area contributed by atoms with Crippen LogP contribution in [-0.2, 0) is 6.54 Å². The second kappa shape index (κ2) is 6.56. The molecule has 0 saturated heterocycles. The lowest BCUT2D eigenvalue weighted by Crippen LogP contribution is -2.07. The molecule has 0 atom stereocenters. The van der Waals surface area contributed by atoms with Gasteiger partial charge in [0.05, 0.1) is 11.4 Å². The molecule has 0 unspecified atom stereocenters. The van der Waals surface area contributed by atoms with Crippen molar-refractivity contribution in [1.29, 1.82) is 0 Å². The predicted molar refractivity (Wildman–Crippen MR) is 94.8 cm³/mol. The summed E-state index contributed by atoms with van der Waals surface area (Å²) in [6.07, 6.45) is 8.62. The summed E-state index contributed by atoms with van der Waals surface area (Å²) in [6, 6.07) is 12.1. The van der Waals surface area contributed by atoms with Crippen LogP contribution in [-0.4, -0.2) is 29.5 Å². The Hall–Kier alpha value is -3.48. The third-order valence-corrected chi connectivity index (χ3v) is 3.92. The lowest BCUT2D eigenvalue weighted by atomic mass is 10.1. The molecule has 0 aliphatic heterocycles. The molecule has 7 heteroatoms. The number of aryl methyl sites for hydroxylation is 1. The van der Waals surface area contributed by atoms with Crippen LogP contribution < -0.4 is 5.32 Å². The van der Waals surface area contributed by atoms with Crippen molar-refractivity contribution in [3.63, 3.8) is 0 Å². The highest BCUT2D eigenvalue weighted by Crippen LogP contribution is 2.19. The summed E-state index contributed by atoms with van der Waals surface area (Å²) < 4.78 is 3.52. The predicted octanol–water partition coefficient (Wildman–Crippen LogP) is 2.77. The minimum Gasteiger partial charge on any atom is -0.378 e. The molecule has 3 aromatic heterocycles. The zero-order valence-corrected chi connectivity index (χ0v) is 13.7. The van der Waals surface area contributed by atoms with Crippen molar-refractivity contribution in [1.82, 2.24) is 29.5 Å². The maximum atomic E-state index is 4.42. The van der Waals surface area contributed by atoms with Crippen molar-refractivity contribution >= 4 is 5.69 Å². The number of aromatic nitrogens is 6. The molecule has 4 rings (SSSR count). The Kier molecular flexibility index (Phi) is 3.96. The van der Waals surface area contributed by atoms with Crippen LogP contribution in [0, 0.1) is 6.92 Å². The second-order valence-corrected chi connectivity index (χ2v) is 5.64. The van der Waals surface area contributed by atoms with Gasteiger partial charge in [0.15, 0.2) is 5.82 Å². The van der Waals surface area contributed by atoms with Crippen molar-refractivity contribution in [2.75, 3.05) is 5.32 Å². The number of benzene rings is 1. The minimum absolute atomic E-state index is 0.693. The van der Waals surface area contributed by atoms with Crippen molar-refractivity contribution in [3.05, 3.63) is 78.8 Å². The Morgan fingerprint density at radius 3 is 2.76 bits per heavy atom. The Labute approximate surface area is 145 Å². The van der Waals surface area contributed by atoms with Crippen LogP contribution in [0.3, 0.4) is 0 Å². The van der Waals surface area contributed by atoms with E-state index in [2.05, 4.69) is 50.6 Å². The molecule has 0 aliphatic carbocycles. The molecule has 0 fully saturated rings. The highest BCUT2D eigenvalue weighted by molar-refractivity contribution is 5.56. The first-order valence-corrected chi connectivity index (χ1v) is 7.95. The van der Waals surface area contributed by atoms with Crippen LogP contribution >= 0.6 is 0 Å². The van der Waals surface area contributed by atoms with Crippen LogP contribution in [0.1, 0.15) is 11.1 Å². The molecule has 7 nitrogen and oxygen atoms in total. The van der Waals surface area contributed by atoms with E-state index in [0.29, 0.717) is 6.54 Å². The van der Waals surface area contributed by atoms with E-state index in [1.54, 1.807) is 28.1 Å².